The summed E-state index contributed by atoms with van der Waals surface area (Å²) < 4.78 is 2.20. The van der Waals surface area contributed by atoms with Gasteiger partial charge in [-0.25, -0.2) is 19.9 Å². The van der Waals surface area contributed by atoms with Crippen LogP contribution in [0.3, 0.4) is 0 Å². The molecular weight excluding hydrogens is 388 g/mol. The molecule has 1 saturated carbocycles. The lowest BCUT2D eigenvalue weighted by Crippen LogP contribution is -2.48. The van der Waals surface area contributed by atoms with Gasteiger partial charge in [0.05, 0.1) is 17.6 Å². The Morgan fingerprint density at radius 2 is 1.97 bits per heavy atom. The molecule has 7 heteroatoms. The largest absolute Gasteiger partial charge is 0.338 e. The van der Waals surface area contributed by atoms with Crippen molar-refractivity contribution < 1.29 is 4.79 Å². The van der Waals surface area contributed by atoms with Crippen molar-refractivity contribution in [1.29, 1.82) is 0 Å². The fourth-order valence-corrected chi connectivity index (χ4v) is 6.00. The Balaban J connectivity index is 1.28. The molecule has 1 unspecified atom stereocenters. The molecule has 1 aliphatic heterocycles. The fourth-order valence-electron chi connectivity index (χ4n) is 6.00. The van der Waals surface area contributed by atoms with Gasteiger partial charge in [-0.1, -0.05) is 12.8 Å². The van der Waals surface area contributed by atoms with E-state index in [0.29, 0.717) is 11.6 Å². The van der Waals surface area contributed by atoms with Crippen LogP contribution in [0.1, 0.15) is 78.4 Å². The lowest BCUT2D eigenvalue weighted by Gasteiger charge is -2.40. The average molecular weight is 417 g/mol. The summed E-state index contributed by atoms with van der Waals surface area (Å²) in [6.45, 7) is 3.46. The third-order valence-corrected chi connectivity index (χ3v) is 7.60. The van der Waals surface area contributed by atoms with Crippen LogP contribution in [0, 0.1) is 6.92 Å². The lowest BCUT2D eigenvalue weighted by atomic mass is 9.77. The van der Waals surface area contributed by atoms with Crippen LogP contribution in [0.15, 0.2) is 24.8 Å². The minimum absolute atomic E-state index is 0.0292. The quantitative estimate of drug-likeness (QED) is 0.636. The number of likely N-dealkylation sites (tertiary alicyclic amines) is 1. The molecule has 31 heavy (non-hydrogen) atoms. The number of rotatable bonds is 2. The van der Waals surface area contributed by atoms with Crippen molar-refractivity contribution in [2.24, 2.45) is 0 Å². The van der Waals surface area contributed by atoms with Crippen LogP contribution < -0.4 is 0 Å². The molecule has 0 N–H and O–H groups in total. The van der Waals surface area contributed by atoms with Crippen molar-refractivity contribution in [2.75, 3.05) is 13.1 Å². The number of nitrogens with zero attached hydrogens (tertiary/aromatic N) is 6. The number of hydrogen-bond donors (Lipinski definition) is 0. The van der Waals surface area contributed by atoms with E-state index in [9.17, 15) is 4.79 Å². The molecule has 3 aromatic rings. The van der Waals surface area contributed by atoms with Crippen molar-refractivity contribution in [3.63, 3.8) is 0 Å². The Labute approximate surface area is 181 Å². The molecule has 4 heterocycles. The summed E-state index contributed by atoms with van der Waals surface area (Å²) >= 11 is 0. The molecule has 7 nitrogen and oxygen atoms in total. The van der Waals surface area contributed by atoms with Gasteiger partial charge in [0.1, 0.15) is 11.3 Å². The van der Waals surface area contributed by atoms with E-state index in [-0.39, 0.29) is 11.3 Å². The second kappa shape index (κ2) is 7.11. The zero-order valence-electron chi connectivity index (χ0n) is 18.0. The Morgan fingerprint density at radius 3 is 2.84 bits per heavy atom. The Bertz CT molecular complexity index is 1160. The van der Waals surface area contributed by atoms with Gasteiger partial charge in [0.15, 0.2) is 5.65 Å². The van der Waals surface area contributed by atoms with E-state index in [0.717, 1.165) is 55.8 Å². The van der Waals surface area contributed by atoms with E-state index >= 15 is 0 Å². The Hall–Kier alpha value is -2.83. The van der Waals surface area contributed by atoms with Gasteiger partial charge in [-0.3, -0.25) is 4.79 Å². The molecule has 160 valence electrons. The first-order chi connectivity index (χ1) is 15.1. The van der Waals surface area contributed by atoms with Crippen molar-refractivity contribution in [1.82, 2.24) is 29.4 Å². The van der Waals surface area contributed by atoms with Crippen LogP contribution in [0.4, 0.5) is 0 Å². The fraction of sp³-hybridized carbons (Fsp3) is 0.542. The van der Waals surface area contributed by atoms with Gasteiger partial charge in [-0.15, -0.1) is 0 Å². The zero-order valence-corrected chi connectivity index (χ0v) is 18.0. The topological polar surface area (TPSA) is 76.8 Å². The number of carbonyl (C=O) groups is 1. The van der Waals surface area contributed by atoms with Crippen LogP contribution in [0.2, 0.25) is 0 Å². The number of aryl methyl sites for hydroxylation is 2. The maximum absolute atomic E-state index is 13.4. The van der Waals surface area contributed by atoms with Gasteiger partial charge in [0, 0.05) is 36.9 Å². The summed E-state index contributed by atoms with van der Waals surface area (Å²) in [5.74, 6) is 0.874. The van der Waals surface area contributed by atoms with E-state index in [2.05, 4.69) is 19.5 Å². The maximum Gasteiger partial charge on any atom is 0.255 e. The number of pyridine rings is 1. The highest BCUT2D eigenvalue weighted by Crippen LogP contribution is 2.44. The number of amides is 1. The first-order valence-electron chi connectivity index (χ1n) is 11.6. The van der Waals surface area contributed by atoms with Crippen LogP contribution in [-0.2, 0) is 11.8 Å². The van der Waals surface area contributed by atoms with Gasteiger partial charge >= 0.3 is 0 Å². The molecule has 1 atom stereocenters. The van der Waals surface area contributed by atoms with Gasteiger partial charge in [0.2, 0.25) is 0 Å². The molecule has 3 aromatic heterocycles. The lowest BCUT2D eigenvalue weighted by molar-refractivity contribution is 0.0633. The monoisotopic (exact) mass is 416 g/mol. The molecule has 3 aliphatic rings. The summed E-state index contributed by atoms with van der Waals surface area (Å²) in [5, 5.41) is 0. The first-order valence-corrected chi connectivity index (χ1v) is 11.6. The highest BCUT2D eigenvalue weighted by atomic mass is 16.2. The summed E-state index contributed by atoms with van der Waals surface area (Å²) in [6, 6.07) is 2.42. The van der Waals surface area contributed by atoms with E-state index in [1.807, 2.05) is 30.4 Å². The number of carbonyl (C=O) groups excluding carboxylic acids is 1. The van der Waals surface area contributed by atoms with E-state index in [4.69, 9.17) is 4.98 Å². The summed E-state index contributed by atoms with van der Waals surface area (Å²) in [5.41, 5.74) is 4.74. The molecule has 0 aromatic carbocycles. The summed E-state index contributed by atoms with van der Waals surface area (Å²) in [7, 11) is 0. The van der Waals surface area contributed by atoms with Crippen molar-refractivity contribution in [2.45, 2.75) is 69.7 Å². The number of aromatic nitrogens is 5. The molecule has 2 fully saturated rings. The smallest absolute Gasteiger partial charge is 0.255 e. The van der Waals surface area contributed by atoms with Crippen LogP contribution in [0.25, 0.3) is 11.2 Å². The third kappa shape index (κ3) is 3.05. The van der Waals surface area contributed by atoms with Gasteiger partial charge < -0.3 is 9.47 Å². The van der Waals surface area contributed by atoms with Gasteiger partial charge in [-0.2, -0.15) is 0 Å². The average Bonchev–Trinajstić information content (AvgIpc) is 3.53. The number of imidazole rings is 1. The number of hydrogen-bond acceptors (Lipinski definition) is 5. The normalized spacial score (nSPS) is 23.7. The molecule has 1 spiro atoms. The maximum atomic E-state index is 13.4. The molecular formula is C24H28N6O. The van der Waals surface area contributed by atoms with Crippen LogP contribution >= 0.6 is 0 Å². The highest BCUT2D eigenvalue weighted by Gasteiger charge is 2.44. The van der Waals surface area contributed by atoms with E-state index in [1.165, 1.54) is 36.9 Å². The van der Waals surface area contributed by atoms with Crippen molar-refractivity contribution >= 4 is 17.1 Å². The highest BCUT2D eigenvalue weighted by molar-refractivity contribution is 5.96. The van der Waals surface area contributed by atoms with Crippen LogP contribution in [0.5, 0.6) is 0 Å². The number of fused-ring (bicyclic) bond motifs is 3. The predicted octanol–water partition coefficient (Wildman–Crippen LogP) is 3.77. The minimum Gasteiger partial charge on any atom is -0.338 e. The number of piperidine rings is 1. The molecule has 1 amide bonds. The standard InChI is InChI=1S/C24H28N6O/c1-16-25-12-17-7-9-24(21(17)28-16)8-4-10-29(14-24)23(31)18-11-20-22(26-13-18)30(15-27-20)19-5-2-3-6-19/h11-13,15,19H,2-10,14H2,1H3. The predicted molar refractivity (Wildman–Crippen MR) is 117 cm³/mol. The Kier molecular flexibility index (Phi) is 4.33. The zero-order chi connectivity index (χ0) is 21.0. The first kappa shape index (κ1) is 18.9. The molecule has 0 bridgehead atoms. The molecule has 6 rings (SSSR count). The van der Waals surface area contributed by atoms with Crippen LogP contribution in [-0.4, -0.2) is 48.4 Å². The molecule has 0 radical (unpaired) electrons. The van der Waals surface area contributed by atoms with E-state index < -0.39 is 0 Å². The minimum atomic E-state index is -0.0292. The molecule has 2 aliphatic carbocycles. The van der Waals surface area contributed by atoms with Gasteiger partial charge in [0.25, 0.3) is 5.91 Å². The van der Waals surface area contributed by atoms with Crippen molar-refractivity contribution in [3.8, 4) is 0 Å². The third-order valence-electron chi connectivity index (χ3n) is 7.60. The van der Waals surface area contributed by atoms with Gasteiger partial charge in [-0.05, 0) is 57.1 Å². The van der Waals surface area contributed by atoms with E-state index in [1.54, 1.807) is 6.20 Å². The SMILES string of the molecule is Cc1ncc2c(n1)C1(CCCN(C(=O)c3cnc4c(c3)ncn4C3CCCC3)C1)CC2. The molecule has 1 saturated heterocycles. The van der Waals surface area contributed by atoms with Crippen molar-refractivity contribution in [3.05, 3.63) is 47.4 Å². The second-order valence-electron chi connectivity index (χ2n) is 9.56. The summed E-state index contributed by atoms with van der Waals surface area (Å²) in [6.07, 6.45) is 14.7. The Morgan fingerprint density at radius 1 is 1.10 bits per heavy atom. The second-order valence-corrected chi connectivity index (χ2v) is 9.56. The summed E-state index contributed by atoms with van der Waals surface area (Å²) in [4.78, 5) is 33.9.